The van der Waals surface area contributed by atoms with Crippen LogP contribution < -0.4 is 9.47 Å². The van der Waals surface area contributed by atoms with Gasteiger partial charge in [-0.3, -0.25) is 10.2 Å². The Labute approximate surface area is 178 Å². The largest absolute Gasteiger partial charge is 0.493 e. The number of aliphatic imine (C=N–C) groups is 1. The van der Waals surface area contributed by atoms with E-state index >= 15 is 0 Å². The van der Waals surface area contributed by atoms with Gasteiger partial charge in [0.15, 0.2) is 17.3 Å². The molecular weight excluding hydrogens is 400 g/mol. The zero-order valence-electron chi connectivity index (χ0n) is 16.8. The predicted octanol–water partition coefficient (Wildman–Crippen LogP) is 3.87. The highest BCUT2D eigenvalue weighted by Gasteiger charge is 2.35. The number of ether oxygens (including phenoxy) is 2. The Morgan fingerprint density at radius 3 is 2.53 bits per heavy atom. The number of nitrogens with one attached hydrogen (secondary N) is 1. The van der Waals surface area contributed by atoms with Gasteiger partial charge in [0.05, 0.1) is 19.8 Å². The molecule has 1 amide bonds. The van der Waals surface area contributed by atoms with Crippen molar-refractivity contribution in [1.29, 1.82) is 5.41 Å². The van der Waals surface area contributed by atoms with Crippen molar-refractivity contribution in [1.82, 2.24) is 5.01 Å². The third-order valence-corrected chi connectivity index (χ3v) is 5.60. The second kappa shape index (κ2) is 8.16. The molecule has 2 aliphatic heterocycles. The number of hydrazone groups is 1. The molecule has 0 aliphatic carbocycles. The molecule has 2 aromatic rings. The first kappa shape index (κ1) is 19.9. The van der Waals surface area contributed by atoms with E-state index in [1.54, 1.807) is 20.3 Å². The molecule has 2 heterocycles. The first-order chi connectivity index (χ1) is 14.5. The molecule has 8 heteroatoms. The average molecular weight is 420 g/mol. The van der Waals surface area contributed by atoms with Crippen molar-refractivity contribution in [3.05, 3.63) is 64.7 Å². The number of carbonyl (C=O) groups excluding carboxylic acids is 1. The van der Waals surface area contributed by atoms with Crippen LogP contribution in [0.25, 0.3) is 6.08 Å². The number of amidine groups is 2. The van der Waals surface area contributed by atoms with E-state index < -0.39 is 5.91 Å². The van der Waals surface area contributed by atoms with Gasteiger partial charge in [0, 0.05) is 6.42 Å². The van der Waals surface area contributed by atoms with Crippen LogP contribution >= 0.6 is 11.8 Å². The van der Waals surface area contributed by atoms with E-state index in [1.807, 2.05) is 49.4 Å². The third-order valence-electron chi connectivity index (χ3n) is 4.69. The van der Waals surface area contributed by atoms with E-state index in [9.17, 15) is 4.79 Å². The Morgan fingerprint density at radius 1 is 1.10 bits per heavy atom. The lowest BCUT2D eigenvalue weighted by molar-refractivity contribution is -0.114. The van der Waals surface area contributed by atoms with Gasteiger partial charge >= 0.3 is 0 Å². The Bertz CT molecular complexity index is 1120. The van der Waals surface area contributed by atoms with Gasteiger partial charge in [0.1, 0.15) is 5.04 Å². The highest BCUT2D eigenvalue weighted by Crippen LogP contribution is 2.32. The van der Waals surface area contributed by atoms with Crippen molar-refractivity contribution in [2.75, 3.05) is 14.2 Å². The van der Waals surface area contributed by atoms with Crippen LogP contribution in [0.5, 0.6) is 11.5 Å². The fourth-order valence-corrected chi connectivity index (χ4v) is 4.02. The highest BCUT2D eigenvalue weighted by atomic mass is 32.2. The predicted molar refractivity (Wildman–Crippen MR) is 119 cm³/mol. The molecule has 2 aliphatic rings. The molecule has 152 valence electrons. The summed E-state index contributed by atoms with van der Waals surface area (Å²) in [5.41, 5.74) is 3.17. The Morgan fingerprint density at radius 2 is 1.83 bits per heavy atom. The quantitative estimate of drug-likeness (QED) is 0.742. The van der Waals surface area contributed by atoms with Gasteiger partial charge in [-0.25, -0.2) is 0 Å². The number of benzene rings is 2. The second-order valence-electron chi connectivity index (χ2n) is 6.79. The van der Waals surface area contributed by atoms with Crippen LogP contribution in [-0.2, 0) is 11.2 Å². The zero-order chi connectivity index (χ0) is 21.3. The van der Waals surface area contributed by atoms with Crippen molar-refractivity contribution in [2.24, 2.45) is 10.1 Å². The van der Waals surface area contributed by atoms with Gasteiger partial charge < -0.3 is 9.47 Å². The van der Waals surface area contributed by atoms with E-state index in [0.717, 1.165) is 21.7 Å². The van der Waals surface area contributed by atoms with E-state index in [0.29, 0.717) is 23.1 Å². The van der Waals surface area contributed by atoms with E-state index in [1.165, 1.54) is 16.8 Å². The highest BCUT2D eigenvalue weighted by molar-refractivity contribution is 8.26. The van der Waals surface area contributed by atoms with Gasteiger partial charge in [-0.1, -0.05) is 35.9 Å². The van der Waals surface area contributed by atoms with Crippen LogP contribution in [0.4, 0.5) is 0 Å². The maximum Gasteiger partial charge on any atom is 0.283 e. The van der Waals surface area contributed by atoms with Gasteiger partial charge in [0.25, 0.3) is 5.91 Å². The number of aryl methyl sites for hydroxylation is 1. The summed E-state index contributed by atoms with van der Waals surface area (Å²) in [5.74, 6) is 0.893. The number of thioether (sulfide) groups is 1. The maximum atomic E-state index is 12.5. The molecule has 0 bridgehead atoms. The van der Waals surface area contributed by atoms with Gasteiger partial charge in [-0.2, -0.15) is 15.1 Å². The molecule has 1 N–H and O–H groups in total. The molecule has 0 radical (unpaired) electrons. The summed E-state index contributed by atoms with van der Waals surface area (Å²) < 4.78 is 10.6. The van der Waals surface area contributed by atoms with Crippen LogP contribution in [0.3, 0.4) is 0 Å². The first-order valence-corrected chi connectivity index (χ1v) is 10.1. The molecule has 0 unspecified atom stereocenters. The van der Waals surface area contributed by atoms with E-state index in [-0.39, 0.29) is 11.4 Å². The minimum Gasteiger partial charge on any atom is -0.493 e. The molecule has 4 rings (SSSR count). The van der Waals surface area contributed by atoms with Crippen molar-refractivity contribution < 1.29 is 14.3 Å². The zero-order valence-corrected chi connectivity index (χ0v) is 17.6. The number of hydrogen-bond donors (Lipinski definition) is 1. The lowest BCUT2D eigenvalue weighted by atomic mass is 10.1. The minimum atomic E-state index is -0.429. The monoisotopic (exact) mass is 420 g/mol. The number of carbonyl (C=O) groups is 1. The SMILES string of the molecule is COc1ccc(CC2=NN3C(=N)C(=Cc4ccc(C)cc4)C(=O)N=C3S2)cc1OC. The molecular formula is C22H20N4O3S. The molecule has 30 heavy (non-hydrogen) atoms. The second-order valence-corrected chi connectivity index (χ2v) is 7.83. The molecule has 7 nitrogen and oxygen atoms in total. The topological polar surface area (TPSA) is 87.3 Å². The molecule has 0 atom stereocenters. The molecule has 2 aromatic carbocycles. The Hall–Kier alpha value is -3.39. The third kappa shape index (κ3) is 3.86. The van der Waals surface area contributed by atoms with E-state index in [4.69, 9.17) is 14.9 Å². The summed E-state index contributed by atoms with van der Waals surface area (Å²) in [6, 6.07) is 13.4. The van der Waals surface area contributed by atoms with Crippen LogP contribution in [-0.4, -0.2) is 41.2 Å². The number of methoxy groups -OCH3 is 2. The summed E-state index contributed by atoms with van der Waals surface area (Å²) in [4.78, 5) is 16.7. The van der Waals surface area contributed by atoms with Crippen LogP contribution in [0.15, 0.2) is 58.1 Å². The maximum absolute atomic E-state index is 12.5. The number of nitrogens with zero attached hydrogens (tertiary/aromatic N) is 3. The van der Waals surface area contributed by atoms with Crippen LogP contribution in [0, 0.1) is 12.3 Å². The van der Waals surface area contributed by atoms with Gasteiger partial charge in [-0.15, -0.1) is 0 Å². The van der Waals surface area contributed by atoms with Gasteiger partial charge in [-0.05, 0) is 48.0 Å². The lowest BCUT2D eigenvalue weighted by Crippen LogP contribution is -2.35. The molecule has 0 saturated carbocycles. The lowest BCUT2D eigenvalue weighted by Gasteiger charge is -2.20. The van der Waals surface area contributed by atoms with Crippen molar-refractivity contribution in [2.45, 2.75) is 13.3 Å². The summed E-state index contributed by atoms with van der Waals surface area (Å²) in [6.45, 7) is 2.00. The van der Waals surface area contributed by atoms with Crippen molar-refractivity contribution in [3.8, 4) is 11.5 Å². The van der Waals surface area contributed by atoms with Crippen molar-refractivity contribution >= 4 is 39.8 Å². The van der Waals surface area contributed by atoms with Crippen LogP contribution in [0.2, 0.25) is 0 Å². The molecule has 0 aromatic heterocycles. The fourth-order valence-electron chi connectivity index (χ4n) is 3.10. The normalized spacial score (nSPS) is 17.0. The Balaban J connectivity index is 1.57. The van der Waals surface area contributed by atoms with E-state index in [2.05, 4.69) is 10.1 Å². The summed E-state index contributed by atoms with van der Waals surface area (Å²) in [5, 5.41) is 15.6. The number of hydrogen-bond acceptors (Lipinski definition) is 6. The minimum absolute atomic E-state index is 0.0281. The first-order valence-electron chi connectivity index (χ1n) is 9.25. The number of rotatable bonds is 5. The summed E-state index contributed by atoms with van der Waals surface area (Å²) in [6.07, 6.45) is 2.20. The Kier molecular flexibility index (Phi) is 5.41. The van der Waals surface area contributed by atoms with Gasteiger partial charge in [0.2, 0.25) is 5.17 Å². The number of amides is 1. The smallest absolute Gasteiger partial charge is 0.283 e. The number of fused-ring (bicyclic) bond motifs is 1. The molecule has 0 spiro atoms. The van der Waals surface area contributed by atoms with Crippen LogP contribution in [0.1, 0.15) is 16.7 Å². The fraction of sp³-hybridized carbons (Fsp3) is 0.182. The van der Waals surface area contributed by atoms with Crippen molar-refractivity contribution in [3.63, 3.8) is 0 Å². The molecule has 0 fully saturated rings. The molecule has 0 saturated heterocycles. The summed E-state index contributed by atoms with van der Waals surface area (Å²) in [7, 11) is 3.18. The average Bonchev–Trinajstić information content (AvgIpc) is 3.14. The summed E-state index contributed by atoms with van der Waals surface area (Å²) >= 11 is 1.30. The standard InChI is InChI=1S/C22H20N4O3S/c1-13-4-6-14(7-5-13)10-16-20(23)26-22(24-21(16)27)30-19(25-26)12-15-8-9-17(28-2)18(11-15)29-3/h4-11,23H,12H2,1-3H3.